The molecular formula is C19H18N4O3. The molecule has 0 radical (unpaired) electrons. The molecule has 26 heavy (non-hydrogen) atoms. The largest absolute Gasteiger partial charge is 0.493 e. The number of hydrogen-bond acceptors (Lipinski definition) is 5. The zero-order chi connectivity index (χ0) is 18.7. The van der Waals surface area contributed by atoms with Gasteiger partial charge in [-0.1, -0.05) is 35.9 Å². The number of hydrazone groups is 1. The fourth-order valence-electron chi connectivity index (χ4n) is 2.50. The number of aryl methyl sites for hydroxylation is 1. The summed E-state index contributed by atoms with van der Waals surface area (Å²) in [6.07, 6.45) is 0. The molecule has 0 saturated carbocycles. The molecule has 3 N–H and O–H groups in total. The van der Waals surface area contributed by atoms with Gasteiger partial charge < -0.3 is 5.11 Å². The van der Waals surface area contributed by atoms with E-state index in [1.807, 2.05) is 49.4 Å². The Balaban J connectivity index is 2.07. The van der Waals surface area contributed by atoms with Crippen molar-refractivity contribution in [1.82, 2.24) is 9.55 Å². The Kier molecular flexibility index (Phi) is 4.70. The summed E-state index contributed by atoms with van der Waals surface area (Å²) in [5, 5.41) is 14.7. The van der Waals surface area contributed by atoms with Crippen LogP contribution in [0.1, 0.15) is 18.1 Å². The van der Waals surface area contributed by atoms with E-state index in [2.05, 4.69) is 15.5 Å². The van der Waals surface area contributed by atoms with Crippen molar-refractivity contribution in [3.05, 3.63) is 86.6 Å². The second kappa shape index (κ2) is 7.10. The van der Waals surface area contributed by atoms with Gasteiger partial charge in [0.15, 0.2) is 0 Å². The van der Waals surface area contributed by atoms with Crippen LogP contribution >= 0.6 is 0 Å². The van der Waals surface area contributed by atoms with Crippen LogP contribution in [-0.2, 0) is 0 Å². The number of aromatic hydroxyl groups is 1. The lowest BCUT2D eigenvalue weighted by Crippen LogP contribution is -2.32. The lowest BCUT2D eigenvalue weighted by Gasteiger charge is -2.11. The molecular weight excluding hydrogens is 332 g/mol. The first kappa shape index (κ1) is 17.2. The molecule has 3 rings (SSSR count). The molecule has 0 fully saturated rings. The first-order valence-electron chi connectivity index (χ1n) is 7.98. The summed E-state index contributed by atoms with van der Waals surface area (Å²) in [5.41, 5.74) is 3.75. The molecule has 7 heteroatoms. The van der Waals surface area contributed by atoms with Crippen LogP contribution < -0.4 is 16.7 Å². The number of rotatable bonds is 4. The summed E-state index contributed by atoms with van der Waals surface area (Å²) in [5.74, 6) is -0.460. The number of benzene rings is 2. The van der Waals surface area contributed by atoms with Crippen LogP contribution in [0, 0.1) is 6.92 Å². The highest BCUT2D eigenvalue weighted by Gasteiger charge is 2.18. The van der Waals surface area contributed by atoms with Crippen LogP contribution in [0.3, 0.4) is 0 Å². The fourth-order valence-corrected chi connectivity index (χ4v) is 2.50. The number of aromatic amines is 1. The van der Waals surface area contributed by atoms with Crippen LogP contribution in [0.25, 0.3) is 5.69 Å². The molecule has 2 aromatic carbocycles. The third kappa shape index (κ3) is 3.41. The van der Waals surface area contributed by atoms with E-state index in [0.29, 0.717) is 5.69 Å². The smallest absolute Gasteiger partial charge is 0.335 e. The zero-order valence-electron chi connectivity index (χ0n) is 14.4. The Hall–Kier alpha value is -3.61. The maximum atomic E-state index is 12.2. The molecule has 1 aromatic heterocycles. The molecule has 132 valence electrons. The Morgan fingerprint density at radius 2 is 1.73 bits per heavy atom. The molecule has 0 saturated heterocycles. The highest BCUT2D eigenvalue weighted by atomic mass is 16.3. The van der Waals surface area contributed by atoms with Gasteiger partial charge in [-0.2, -0.15) is 5.10 Å². The first-order chi connectivity index (χ1) is 12.5. The second-order valence-electron chi connectivity index (χ2n) is 5.80. The first-order valence-corrected chi connectivity index (χ1v) is 7.98. The summed E-state index contributed by atoms with van der Waals surface area (Å²) in [6, 6.07) is 16.2. The van der Waals surface area contributed by atoms with Gasteiger partial charge in [-0.15, -0.1) is 0 Å². The van der Waals surface area contributed by atoms with Crippen molar-refractivity contribution >= 4 is 11.4 Å². The molecule has 3 aromatic rings. The van der Waals surface area contributed by atoms with Crippen molar-refractivity contribution in [2.24, 2.45) is 5.10 Å². The van der Waals surface area contributed by atoms with Crippen molar-refractivity contribution in [2.75, 3.05) is 5.43 Å². The van der Waals surface area contributed by atoms with Crippen LogP contribution in [0.2, 0.25) is 0 Å². The predicted octanol–water partition coefficient (Wildman–Crippen LogP) is 2.38. The third-order valence-corrected chi connectivity index (χ3v) is 3.87. The Bertz CT molecular complexity index is 1060. The van der Waals surface area contributed by atoms with Gasteiger partial charge in [0.25, 0.3) is 5.56 Å². The van der Waals surface area contributed by atoms with Crippen molar-refractivity contribution in [3.63, 3.8) is 0 Å². The summed E-state index contributed by atoms with van der Waals surface area (Å²) in [7, 11) is 0. The maximum absolute atomic E-state index is 12.2. The monoisotopic (exact) mass is 350 g/mol. The number of nitrogens with one attached hydrogen (secondary N) is 2. The van der Waals surface area contributed by atoms with E-state index in [1.165, 1.54) is 0 Å². The SMILES string of the molecule is C/C(=N\Nc1ccccc1)c1c(O)n(-c2ccc(C)cc2)c(=O)[nH]c1=O. The Morgan fingerprint density at radius 3 is 2.38 bits per heavy atom. The van der Waals surface area contributed by atoms with Crippen molar-refractivity contribution in [1.29, 1.82) is 0 Å². The Labute approximate surface area is 149 Å². The quantitative estimate of drug-likeness (QED) is 0.497. The number of anilines is 1. The summed E-state index contributed by atoms with van der Waals surface area (Å²) in [4.78, 5) is 26.6. The van der Waals surface area contributed by atoms with E-state index < -0.39 is 17.1 Å². The van der Waals surface area contributed by atoms with Gasteiger partial charge in [0.2, 0.25) is 5.88 Å². The molecule has 0 spiro atoms. The normalized spacial score (nSPS) is 11.4. The van der Waals surface area contributed by atoms with Crippen LogP contribution in [0.5, 0.6) is 5.88 Å². The molecule has 7 nitrogen and oxygen atoms in total. The molecule has 0 aliphatic heterocycles. The predicted molar refractivity (Wildman–Crippen MR) is 101 cm³/mol. The third-order valence-electron chi connectivity index (χ3n) is 3.87. The number of para-hydroxylation sites is 1. The highest BCUT2D eigenvalue weighted by molar-refractivity contribution is 6.00. The van der Waals surface area contributed by atoms with Gasteiger partial charge in [0.1, 0.15) is 5.56 Å². The maximum Gasteiger partial charge on any atom is 0.335 e. The number of aromatic nitrogens is 2. The number of nitrogens with zero attached hydrogens (tertiary/aromatic N) is 2. The minimum atomic E-state index is -0.719. The van der Waals surface area contributed by atoms with Crippen LogP contribution in [-0.4, -0.2) is 20.4 Å². The Morgan fingerprint density at radius 1 is 1.08 bits per heavy atom. The average Bonchev–Trinajstić information content (AvgIpc) is 2.62. The summed E-state index contributed by atoms with van der Waals surface area (Å²) in [6.45, 7) is 3.49. The summed E-state index contributed by atoms with van der Waals surface area (Å²) >= 11 is 0. The van der Waals surface area contributed by atoms with Gasteiger partial charge in [-0.25, -0.2) is 9.36 Å². The van der Waals surface area contributed by atoms with E-state index in [0.717, 1.165) is 15.8 Å². The van der Waals surface area contributed by atoms with Gasteiger partial charge in [0.05, 0.1) is 17.1 Å². The minimum Gasteiger partial charge on any atom is -0.493 e. The molecule has 0 unspecified atom stereocenters. The van der Waals surface area contributed by atoms with E-state index >= 15 is 0 Å². The molecule has 0 aliphatic rings. The standard InChI is InChI=1S/C19H18N4O3/c1-12-8-10-15(11-9-12)23-18(25)16(17(24)20-19(23)26)13(2)21-22-14-6-4-3-5-7-14/h3-11,22,25H,1-2H3,(H,20,24,26)/b21-13+. The van der Waals surface area contributed by atoms with Gasteiger partial charge >= 0.3 is 5.69 Å². The average molecular weight is 350 g/mol. The number of H-pyrrole nitrogens is 1. The van der Waals surface area contributed by atoms with Gasteiger partial charge in [-0.3, -0.25) is 15.2 Å². The van der Waals surface area contributed by atoms with E-state index in [1.54, 1.807) is 19.1 Å². The van der Waals surface area contributed by atoms with Crippen LogP contribution in [0.4, 0.5) is 5.69 Å². The van der Waals surface area contributed by atoms with Gasteiger partial charge in [-0.05, 0) is 38.1 Å². The lowest BCUT2D eigenvalue weighted by molar-refractivity contribution is 0.429. The zero-order valence-corrected chi connectivity index (χ0v) is 14.4. The molecule has 0 aliphatic carbocycles. The van der Waals surface area contributed by atoms with E-state index in [9.17, 15) is 14.7 Å². The highest BCUT2D eigenvalue weighted by Crippen LogP contribution is 2.18. The second-order valence-corrected chi connectivity index (χ2v) is 5.80. The molecule has 0 atom stereocenters. The van der Waals surface area contributed by atoms with Gasteiger partial charge in [0, 0.05) is 0 Å². The van der Waals surface area contributed by atoms with Crippen molar-refractivity contribution in [2.45, 2.75) is 13.8 Å². The van der Waals surface area contributed by atoms with Crippen LogP contribution in [0.15, 0.2) is 69.3 Å². The van der Waals surface area contributed by atoms with E-state index in [-0.39, 0.29) is 11.3 Å². The van der Waals surface area contributed by atoms with Crippen molar-refractivity contribution < 1.29 is 5.11 Å². The van der Waals surface area contributed by atoms with E-state index in [4.69, 9.17) is 0 Å². The number of hydrogen-bond donors (Lipinski definition) is 3. The van der Waals surface area contributed by atoms with Crippen molar-refractivity contribution in [3.8, 4) is 11.6 Å². The topological polar surface area (TPSA) is 99.5 Å². The fraction of sp³-hybridized carbons (Fsp3) is 0.105. The molecule has 0 amide bonds. The summed E-state index contributed by atoms with van der Waals surface area (Å²) < 4.78 is 1.04. The molecule has 1 heterocycles. The molecule has 0 bridgehead atoms. The lowest BCUT2D eigenvalue weighted by atomic mass is 10.2. The minimum absolute atomic E-state index is 0.0754.